The SMILES string of the molecule is CS(=O)(=O)Cc1c(F)cccc1Cl. The Bertz CT molecular complexity index is 394. The van der Waals surface area contributed by atoms with Crippen LogP contribution in [-0.4, -0.2) is 14.7 Å². The molecule has 0 fully saturated rings. The molecule has 1 aromatic carbocycles. The zero-order chi connectivity index (χ0) is 10.1. The van der Waals surface area contributed by atoms with E-state index in [9.17, 15) is 12.8 Å². The van der Waals surface area contributed by atoms with E-state index >= 15 is 0 Å². The zero-order valence-corrected chi connectivity index (χ0v) is 8.49. The maximum atomic E-state index is 13.0. The van der Waals surface area contributed by atoms with Gasteiger partial charge < -0.3 is 0 Å². The minimum Gasteiger partial charge on any atom is -0.229 e. The highest BCUT2D eigenvalue weighted by atomic mass is 35.5. The molecule has 0 atom stereocenters. The standard InChI is InChI=1S/C8H8ClFO2S/c1-13(11,12)5-6-7(9)3-2-4-8(6)10/h2-4H,5H2,1H3. The lowest BCUT2D eigenvalue weighted by molar-refractivity contribution is 0.591. The van der Waals surface area contributed by atoms with Crippen molar-refractivity contribution < 1.29 is 12.8 Å². The van der Waals surface area contributed by atoms with Crippen LogP contribution >= 0.6 is 11.6 Å². The first kappa shape index (κ1) is 10.5. The molecule has 0 aliphatic heterocycles. The molecule has 5 heteroatoms. The molecule has 0 spiro atoms. The van der Waals surface area contributed by atoms with Crippen molar-refractivity contribution in [1.82, 2.24) is 0 Å². The van der Waals surface area contributed by atoms with E-state index in [4.69, 9.17) is 11.6 Å². The second-order valence-electron chi connectivity index (χ2n) is 2.77. The van der Waals surface area contributed by atoms with E-state index in [1.54, 1.807) is 0 Å². The molecule has 0 radical (unpaired) electrons. The van der Waals surface area contributed by atoms with Crippen LogP contribution in [0.1, 0.15) is 5.56 Å². The van der Waals surface area contributed by atoms with Crippen LogP contribution in [0.5, 0.6) is 0 Å². The van der Waals surface area contributed by atoms with Crippen LogP contribution in [0.3, 0.4) is 0 Å². The molecular formula is C8H8ClFO2S. The highest BCUT2D eigenvalue weighted by Gasteiger charge is 2.12. The fourth-order valence-electron chi connectivity index (χ4n) is 0.932. The number of hydrogen-bond acceptors (Lipinski definition) is 2. The molecule has 0 N–H and O–H groups in total. The Morgan fingerprint density at radius 3 is 2.54 bits per heavy atom. The molecule has 1 rings (SSSR count). The number of sulfone groups is 1. The minimum absolute atomic E-state index is 0.0340. The maximum Gasteiger partial charge on any atom is 0.151 e. The van der Waals surface area contributed by atoms with Gasteiger partial charge >= 0.3 is 0 Å². The van der Waals surface area contributed by atoms with Gasteiger partial charge in [-0.1, -0.05) is 17.7 Å². The maximum absolute atomic E-state index is 13.0. The van der Waals surface area contributed by atoms with E-state index in [1.165, 1.54) is 18.2 Å². The van der Waals surface area contributed by atoms with Crippen LogP contribution in [0.2, 0.25) is 5.02 Å². The van der Waals surface area contributed by atoms with Gasteiger partial charge in [0.05, 0.1) is 5.75 Å². The van der Waals surface area contributed by atoms with Crippen molar-refractivity contribution >= 4 is 21.4 Å². The first-order valence-electron chi connectivity index (χ1n) is 3.51. The topological polar surface area (TPSA) is 34.1 Å². The normalized spacial score (nSPS) is 11.6. The third-order valence-electron chi connectivity index (χ3n) is 1.47. The highest BCUT2D eigenvalue weighted by Crippen LogP contribution is 2.20. The molecule has 0 amide bonds. The van der Waals surface area contributed by atoms with E-state index < -0.39 is 15.7 Å². The van der Waals surface area contributed by atoms with E-state index in [0.29, 0.717) is 0 Å². The zero-order valence-electron chi connectivity index (χ0n) is 6.92. The predicted octanol–water partition coefficient (Wildman–Crippen LogP) is 2.02. The quantitative estimate of drug-likeness (QED) is 0.767. The van der Waals surface area contributed by atoms with Crippen molar-refractivity contribution in [2.45, 2.75) is 5.75 Å². The van der Waals surface area contributed by atoms with Crippen molar-refractivity contribution in [1.29, 1.82) is 0 Å². The number of rotatable bonds is 2. The van der Waals surface area contributed by atoms with Gasteiger partial charge in [0.25, 0.3) is 0 Å². The smallest absolute Gasteiger partial charge is 0.151 e. The highest BCUT2D eigenvalue weighted by molar-refractivity contribution is 7.89. The molecular weight excluding hydrogens is 215 g/mol. The number of benzene rings is 1. The van der Waals surface area contributed by atoms with Crippen LogP contribution in [-0.2, 0) is 15.6 Å². The summed E-state index contributed by atoms with van der Waals surface area (Å²) in [5, 5.41) is 0.144. The predicted molar refractivity (Wildman–Crippen MR) is 50.0 cm³/mol. The van der Waals surface area contributed by atoms with Crippen molar-refractivity contribution in [3.63, 3.8) is 0 Å². The Morgan fingerprint density at radius 1 is 1.46 bits per heavy atom. The Labute approximate surface area is 81.3 Å². The first-order chi connectivity index (χ1) is 5.90. The fraction of sp³-hybridized carbons (Fsp3) is 0.250. The van der Waals surface area contributed by atoms with Crippen molar-refractivity contribution in [2.24, 2.45) is 0 Å². The van der Waals surface area contributed by atoms with Crippen LogP contribution in [0.4, 0.5) is 4.39 Å². The summed E-state index contributed by atoms with van der Waals surface area (Å²) in [6.07, 6.45) is 1.04. The monoisotopic (exact) mass is 222 g/mol. The first-order valence-corrected chi connectivity index (χ1v) is 5.94. The largest absolute Gasteiger partial charge is 0.229 e. The lowest BCUT2D eigenvalue weighted by Crippen LogP contribution is -2.03. The van der Waals surface area contributed by atoms with Gasteiger partial charge in [0, 0.05) is 16.8 Å². The van der Waals surface area contributed by atoms with Crippen molar-refractivity contribution in [3.8, 4) is 0 Å². The third-order valence-corrected chi connectivity index (χ3v) is 2.64. The molecule has 2 nitrogen and oxygen atoms in total. The van der Waals surface area contributed by atoms with Gasteiger partial charge in [-0.05, 0) is 12.1 Å². The van der Waals surface area contributed by atoms with Crippen LogP contribution < -0.4 is 0 Å². The average Bonchev–Trinajstić information content (AvgIpc) is 1.95. The van der Waals surface area contributed by atoms with Gasteiger partial charge in [-0.25, -0.2) is 12.8 Å². The summed E-state index contributed by atoms with van der Waals surface area (Å²) in [7, 11) is -3.25. The average molecular weight is 223 g/mol. The van der Waals surface area contributed by atoms with Gasteiger partial charge in [-0.15, -0.1) is 0 Å². The van der Waals surface area contributed by atoms with Gasteiger partial charge in [-0.2, -0.15) is 0 Å². The Balaban J connectivity index is 3.15. The van der Waals surface area contributed by atoms with Gasteiger partial charge in [0.15, 0.2) is 9.84 Å². The molecule has 72 valence electrons. The molecule has 13 heavy (non-hydrogen) atoms. The van der Waals surface area contributed by atoms with E-state index in [1.807, 2.05) is 0 Å². The van der Waals surface area contributed by atoms with Crippen LogP contribution in [0.15, 0.2) is 18.2 Å². The Kier molecular flexibility index (Phi) is 2.93. The molecule has 0 aliphatic rings. The van der Waals surface area contributed by atoms with Crippen molar-refractivity contribution in [3.05, 3.63) is 34.6 Å². The number of hydrogen-bond donors (Lipinski definition) is 0. The summed E-state index contributed by atoms with van der Waals surface area (Å²) in [5.74, 6) is -0.948. The summed E-state index contributed by atoms with van der Waals surface area (Å²) in [5.41, 5.74) is 0.0340. The lowest BCUT2D eigenvalue weighted by Gasteiger charge is -2.03. The molecule has 0 unspecified atom stereocenters. The van der Waals surface area contributed by atoms with Gasteiger partial charge in [0.1, 0.15) is 5.82 Å². The summed E-state index contributed by atoms with van der Waals surface area (Å²) in [6.45, 7) is 0. The van der Waals surface area contributed by atoms with Crippen molar-refractivity contribution in [2.75, 3.05) is 6.26 Å². The molecule has 0 bridgehead atoms. The van der Waals surface area contributed by atoms with Crippen LogP contribution in [0, 0.1) is 5.82 Å². The molecule has 0 aromatic heterocycles. The molecule has 1 aromatic rings. The van der Waals surface area contributed by atoms with Gasteiger partial charge in [0.2, 0.25) is 0 Å². The minimum atomic E-state index is -3.25. The second-order valence-corrected chi connectivity index (χ2v) is 5.32. The Morgan fingerprint density at radius 2 is 2.08 bits per heavy atom. The van der Waals surface area contributed by atoms with E-state index in [-0.39, 0.29) is 16.3 Å². The summed E-state index contributed by atoms with van der Waals surface area (Å²) < 4.78 is 34.8. The summed E-state index contributed by atoms with van der Waals surface area (Å²) in [4.78, 5) is 0. The molecule has 0 saturated heterocycles. The second kappa shape index (κ2) is 3.64. The van der Waals surface area contributed by atoms with E-state index in [0.717, 1.165) is 6.26 Å². The lowest BCUT2D eigenvalue weighted by atomic mass is 10.2. The summed E-state index contributed by atoms with van der Waals surface area (Å²) in [6, 6.07) is 4.08. The molecule has 0 heterocycles. The van der Waals surface area contributed by atoms with E-state index in [2.05, 4.69) is 0 Å². The summed E-state index contributed by atoms with van der Waals surface area (Å²) >= 11 is 5.63. The molecule has 0 aliphatic carbocycles. The molecule has 0 saturated carbocycles. The number of halogens is 2. The Hall–Kier alpha value is -0.610. The fourth-order valence-corrected chi connectivity index (χ4v) is 2.06. The van der Waals surface area contributed by atoms with Gasteiger partial charge in [-0.3, -0.25) is 0 Å². The van der Waals surface area contributed by atoms with Crippen LogP contribution in [0.25, 0.3) is 0 Å². The third kappa shape index (κ3) is 2.97.